The minimum absolute atomic E-state index is 0.00593. The number of aromatic nitrogens is 1. The van der Waals surface area contributed by atoms with Gasteiger partial charge in [-0.15, -0.1) is 0 Å². The molecule has 0 unspecified atom stereocenters. The van der Waals surface area contributed by atoms with E-state index in [1.54, 1.807) is 0 Å². The fraction of sp³-hybridized carbons (Fsp3) is 0.667. The summed E-state index contributed by atoms with van der Waals surface area (Å²) in [4.78, 5) is 131. The van der Waals surface area contributed by atoms with Gasteiger partial charge in [0.15, 0.2) is 5.96 Å². The van der Waals surface area contributed by atoms with Gasteiger partial charge in [0, 0.05) is 32.4 Å². The molecule has 3 fully saturated rings. The number of hydrogen-bond acceptors (Lipinski definition) is 10. The van der Waals surface area contributed by atoms with Gasteiger partial charge in [0.25, 0.3) is 11.5 Å². The highest BCUT2D eigenvalue weighted by Crippen LogP contribution is 2.27. The van der Waals surface area contributed by atoms with Crippen LogP contribution in [0.5, 0.6) is 0 Å². The van der Waals surface area contributed by atoms with E-state index in [4.69, 9.17) is 11.5 Å². The molecule has 348 valence electrons. The molecule has 0 spiro atoms. The Hall–Kier alpha value is -6.02. The van der Waals surface area contributed by atoms with Crippen molar-refractivity contribution in [2.75, 3.05) is 26.2 Å². The average Bonchev–Trinajstić information content (AvgIpc) is 4.02. The molecule has 3 aliphatic rings. The zero-order chi connectivity index (χ0) is 46.5. The van der Waals surface area contributed by atoms with Crippen LogP contribution in [0.2, 0.25) is 0 Å². The van der Waals surface area contributed by atoms with Crippen LogP contribution in [0.4, 0.5) is 0 Å². The quantitative estimate of drug-likeness (QED) is 0.0452. The van der Waals surface area contributed by atoms with Crippen molar-refractivity contribution in [3.05, 3.63) is 34.2 Å². The molecule has 0 bridgehead atoms. The molecule has 1 aromatic rings. The topological polar surface area (TPSA) is 312 Å². The van der Waals surface area contributed by atoms with Gasteiger partial charge in [-0.25, -0.2) is 4.79 Å². The molecule has 21 heteroatoms. The van der Waals surface area contributed by atoms with Gasteiger partial charge in [-0.3, -0.25) is 43.3 Å². The number of aliphatic imine (C=N–C) groups is 1. The van der Waals surface area contributed by atoms with E-state index < -0.39 is 95.2 Å². The van der Waals surface area contributed by atoms with Crippen LogP contribution in [-0.4, -0.2) is 147 Å². The van der Waals surface area contributed by atoms with Gasteiger partial charge in [0.05, 0.1) is 0 Å². The van der Waals surface area contributed by atoms with Crippen LogP contribution >= 0.6 is 0 Å². The summed E-state index contributed by atoms with van der Waals surface area (Å²) in [6, 6.07) is -4.47. The highest BCUT2D eigenvalue weighted by Gasteiger charge is 2.45. The summed E-state index contributed by atoms with van der Waals surface area (Å²) in [5.74, 6) is -5.48. The number of H-pyrrole nitrogens is 1. The zero-order valence-corrected chi connectivity index (χ0v) is 36.9. The van der Waals surface area contributed by atoms with Crippen LogP contribution in [0, 0.1) is 11.8 Å². The predicted molar refractivity (Wildman–Crippen MR) is 230 cm³/mol. The lowest BCUT2D eigenvalue weighted by Crippen LogP contribution is -2.59. The Morgan fingerprint density at radius 3 is 1.87 bits per heavy atom. The number of nitrogens with two attached hydrogens (primary N) is 2. The maximum atomic E-state index is 14.3. The monoisotopic (exact) mass is 883 g/mol. The van der Waals surface area contributed by atoms with Crippen LogP contribution in [-0.2, 0) is 33.6 Å². The summed E-state index contributed by atoms with van der Waals surface area (Å²) in [5.41, 5.74) is 9.94. The normalized spacial score (nSPS) is 20.4. The molecule has 0 radical (unpaired) electrons. The van der Waals surface area contributed by atoms with Gasteiger partial charge in [-0.1, -0.05) is 27.7 Å². The number of hydrogen-bond donors (Lipinski definition) is 8. The number of amides is 7. The number of nitrogens with zero attached hydrogens (tertiary/aromatic N) is 4. The van der Waals surface area contributed by atoms with E-state index in [9.17, 15) is 48.3 Å². The van der Waals surface area contributed by atoms with E-state index in [1.165, 1.54) is 40.0 Å². The molecule has 4 rings (SSSR count). The Morgan fingerprint density at radius 1 is 0.746 bits per heavy atom. The highest BCUT2D eigenvalue weighted by atomic mass is 16.4. The second-order valence-electron chi connectivity index (χ2n) is 17.4. The first-order valence-electron chi connectivity index (χ1n) is 21.9. The van der Waals surface area contributed by atoms with Crippen molar-refractivity contribution in [1.29, 1.82) is 0 Å². The summed E-state index contributed by atoms with van der Waals surface area (Å²) < 4.78 is 0. The van der Waals surface area contributed by atoms with Crippen LogP contribution in [0.15, 0.2) is 28.1 Å². The van der Waals surface area contributed by atoms with Gasteiger partial charge in [-0.2, -0.15) is 0 Å². The minimum atomic E-state index is -1.20. The summed E-state index contributed by atoms with van der Waals surface area (Å²) in [5, 5.41) is 20.4. The molecule has 0 saturated carbocycles. The fourth-order valence-electron chi connectivity index (χ4n) is 8.41. The number of likely N-dealkylation sites (tertiary alicyclic amines) is 3. The molecular formula is C42H65N11O10. The number of carboxylic acid groups (broad SMARTS) is 1. The van der Waals surface area contributed by atoms with Crippen LogP contribution < -0.4 is 38.3 Å². The van der Waals surface area contributed by atoms with Gasteiger partial charge in [0.2, 0.25) is 35.4 Å². The molecule has 0 aliphatic carbocycles. The van der Waals surface area contributed by atoms with Crippen molar-refractivity contribution in [3.8, 4) is 0 Å². The largest absolute Gasteiger partial charge is 0.480 e. The molecular weight excluding hydrogens is 819 g/mol. The second-order valence-corrected chi connectivity index (χ2v) is 17.4. The number of carbonyl (C=O) groups excluding carboxylic acids is 7. The average molecular weight is 884 g/mol. The third kappa shape index (κ3) is 13.5. The zero-order valence-electron chi connectivity index (χ0n) is 36.9. The number of pyridine rings is 1. The molecule has 7 atom stereocenters. The number of aromatic amines is 1. The highest BCUT2D eigenvalue weighted by molar-refractivity contribution is 5.99. The van der Waals surface area contributed by atoms with E-state index >= 15 is 0 Å². The van der Waals surface area contributed by atoms with Gasteiger partial charge in [0.1, 0.15) is 47.9 Å². The van der Waals surface area contributed by atoms with Crippen molar-refractivity contribution in [1.82, 2.24) is 41.0 Å². The number of carbonyl (C=O) groups is 8. The Morgan fingerprint density at radius 2 is 1.30 bits per heavy atom. The standard InChI is InChI=1S/C42H65N11O10/c1-23(2)21-28(49-33(54)25(5)47-36(57)27(12-7-17-46-42(43)44)48-35(56)26-11-6-16-45-34(26)55)38(59)52-19-9-14-31(52)40(61)51-18-8-13-30(51)37(58)50-29(22-24(3)4)39(60)53-20-10-15-32(53)41(62)63/h6,11,16,23-25,27-32H,7-10,12-15,17-22H2,1-5H3,(H,45,55)(H,47,57)(H,48,56)(H,49,54)(H,50,58)(H,62,63)(H4,43,44,46)/t25-,27-,28-,29-,30-,31-,32-/m0/s1. The van der Waals surface area contributed by atoms with E-state index in [2.05, 4.69) is 31.2 Å². The SMILES string of the molecule is CC(C)C[C@H](NC(=O)[C@@H]1CCCN1C(=O)[C@@H]1CCCN1C(=O)[C@H](CC(C)C)NC(=O)[C@H](C)NC(=O)[C@H](CCCN=C(N)N)NC(=O)c1ccc[nH]c1=O)C(=O)N1CCC[C@H]1C(=O)O. The molecule has 1 aromatic heterocycles. The number of carboxylic acids is 1. The molecule has 7 amide bonds. The first-order chi connectivity index (χ1) is 29.8. The third-order valence-electron chi connectivity index (χ3n) is 11.5. The van der Waals surface area contributed by atoms with Crippen molar-refractivity contribution >= 4 is 53.3 Å². The smallest absolute Gasteiger partial charge is 0.326 e. The third-order valence-corrected chi connectivity index (χ3v) is 11.5. The summed E-state index contributed by atoms with van der Waals surface area (Å²) >= 11 is 0. The Kier molecular flexibility index (Phi) is 18.0. The minimum Gasteiger partial charge on any atom is -0.480 e. The summed E-state index contributed by atoms with van der Waals surface area (Å²) in [6.45, 7) is 9.84. The predicted octanol–water partition coefficient (Wildman–Crippen LogP) is -0.849. The molecule has 3 saturated heterocycles. The van der Waals surface area contributed by atoms with E-state index in [0.717, 1.165) is 0 Å². The number of nitrogens with one attached hydrogen (secondary N) is 5. The number of rotatable bonds is 20. The molecule has 3 aliphatic heterocycles. The first kappa shape index (κ1) is 49.6. The second kappa shape index (κ2) is 22.9. The lowest BCUT2D eigenvalue weighted by Gasteiger charge is -2.34. The van der Waals surface area contributed by atoms with E-state index in [0.29, 0.717) is 38.5 Å². The lowest BCUT2D eigenvalue weighted by atomic mass is 10.0. The summed E-state index contributed by atoms with van der Waals surface area (Å²) in [6.07, 6.45) is 4.69. The number of guanidine groups is 1. The van der Waals surface area contributed by atoms with Crippen molar-refractivity contribution in [2.45, 2.75) is 141 Å². The van der Waals surface area contributed by atoms with Crippen LogP contribution in [0.3, 0.4) is 0 Å². The van der Waals surface area contributed by atoms with E-state index in [-0.39, 0.29) is 75.2 Å². The van der Waals surface area contributed by atoms with Crippen LogP contribution in [0.25, 0.3) is 0 Å². The molecule has 10 N–H and O–H groups in total. The molecule has 21 nitrogen and oxygen atoms in total. The van der Waals surface area contributed by atoms with Crippen molar-refractivity contribution in [2.24, 2.45) is 28.3 Å². The summed E-state index contributed by atoms with van der Waals surface area (Å²) in [7, 11) is 0. The van der Waals surface area contributed by atoms with E-state index in [1.807, 2.05) is 27.7 Å². The number of aliphatic carboxylic acids is 1. The van der Waals surface area contributed by atoms with Gasteiger partial charge >= 0.3 is 5.97 Å². The maximum Gasteiger partial charge on any atom is 0.326 e. The molecule has 63 heavy (non-hydrogen) atoms. The first-order valence-corrected chi connectivity index (χ1v) is 21.9. The Balaban J connectivity index is 1.44. The Bertz CT molecular complexity index is 1930. The maximum absolute atomic E-state index is 14.3. The van der Waals surface area contributed by atoms with Gasteiger partial charge < -0.3 is 57.5 Å². The van der Waals surface area contributed by atoms with Crippen LogP contribution in [0.1, 0.15) is 109 Å². The fourth-order valence-corrected chi connectivity index (χ4v) is 8.41. The van der Waals surface area contributed by atoms with Gasteiger partial charge in [-0.05, 0) is 95.1 Å². The Labute approximate surface area is 366 Å². The lowest BCUT2D eigenvalue weighted by molar-refractivity contribution is -0.150. The van der Waals surface area contributed by atoms with Crippen molar-refractivity contribution < 1.29 is 43.5 Å². The molecule has 0 aromatic carbocycles. The van der Waals surface area contributed by atoms with Crippen molar-refractivity contribution in [3.63, 3.8) is 0 Å². The molecule has 4 heterocycles.